The first-order valence-electron chi connectivity index (χ1n) is 6.22. The standard InChI is InChI=1S/C14H16F2O2/c15-11-6-10(7-12(16)9-11)8-13(17)3-4-14-2-1-5-18-14/h6-7,9,14H,1-5,8H2. The molecular formula is C14H16F2O2. The van der Waals surface area contributed by atoms with Crippen LogP contribution >= 0.6 is 0 Å². The highest BCUT2D eigenvalue weighted by molar-refractivity contribution is 5.80. The number of ether oxygens (including phenoxy) is 1. The van der Waals surface area contributed by atoms with Crippen molar-refractivity contribution in [1.29, 1.82) is 0 Å². The molecule has 0 bridgehead atoms. The molecule has 0 N–H and O–H groups in total. The van der Waals surface area contributed by atoms with Crippen molar-refractivity contribution in [1.82, 2.24) is 0 Å². The molecule has 18 heavy (non-hydrogen) atoms. The fourth-order valence-electron chi connectivity index (χ4n) is 2.22. The lowest BCUT2D eigenvalue weighted by Crippen LogP contribution is -2.10. The van der Waals surface area contributed by atoms with Crippen molar-refractivity contribution in [3.63, 3.8) is 0 Å². The Morgan fingerprint density at radius 2 is 2.00 bits per heavy atom. The average Bonchev–Trinajstić information content (AvgIpc) is 2.77. The maximum Gasteiger partial charge on any atom is 0.137 e. The number of rotatable bonds is 5. The van der Waals surface area contributed by atoms with Crippen LogP contribution in [0.3, 0.4) is 0 Å². The Morgan fingerprint density at radius 1 is 1.28 bits per heavy atom. The Morgan fingerprint density at radius 3 is 2.61 bits per heavy atom. The van der Waals surface area contributed by atoms with Gasteiger partial charge in [0, 0.05) is 25.5 Å². The molecule has 2 nitrogen and oxygen atoms in total. The van der Waals surface area contributed by atoms with Gasteiger partial charge in [-0.25, -0.2) is 8.78 Å². The van der Waals surface area contributed by atoms with E-state index in [1.807, 2.05) is 0 Å². The molecule has 1 fully saturated rings. The Balaban J connectivity index is 1.82. The predicted octanol–water partition coefficient (Wildman–Crippen LogP) is 3.04. The third-order valence-electron chi connectivity index (χ3n) is 3.09. The molecule has 1 atom stereocenters. The van der Waals surface area contributed by atoms with Gasteiger partial charge < -0.3 is 4.74 Å². The van der Waals surface area contributed by atoms with Crippen LogP contribution in [0.15, 0.2) is 18.2 Å². The van der Waals surface area contributed by atoms with Gasteiger partial charge in [0.05, 0.1) is 6.10 Å². The van der Waals surface area contributed by atoms with E-state index in [4.69, 9.17) is 4.74 Å². The highest BCUT2D eigenvalue weighted by Gasteiger charge is 2.17. The van der Waals surface area contributed by atoms with Gasteiger partial charge in [0.2, 0.25) is 0 Å². The van der Waals surface area contributed by atoms with Gasteiger partial charge in [-0.3, -0.25) is 4.79 Å². The van der Waals surface area contributed by atoms with Crippen LogP contribution in [0.5, 0.6) is 0 Å². The highest BCUT2D eigenvalue weighted by atomic mass is 19.1. The molecule has 1 saturated heterocycles. The normalized spacial score (nSPS) is 19.1. The molecule has 0 saturated carbocycles. The Kier molecular flexibility index (Phi) is 4.42. The Labute approximate surface area is 105 Å². The van der Waals surface area contributed by atoms with Crippen molar-refractivity contribution < 1.29 is 18.3 Å². The molecule has 1 aliphatic heterocycles. The lowest BCUT2D eigenvalue weighted by molar-refractivity contribution is -0.119. The number of hydrogen-bond acceptors (Lipinski definition) is 2. The molecule has 98 valence electrons. The maximum atomic E-state index is 12.9. The van der Waals surface area contributed by atoms with E-state index in [-0.39, 0.29) is 18.3 Å². The van der Waals surface area contributed by atoms with Crippen molar-refractivity contribution in [2.45, 2.75) is 38.2 Å². The van der Waals surface area contributed by atoms with E-state index in [2.05, 4.69) is 0 Å². The van der Waals surface area contributed by atoms with Crippen molar-refractivity contribution in [2.75, 3.05) is 6.61 Å². The molecule has 1 aliphatic rings. The molecular weight excluding hydrogens is 238 g/mol. The van der Waals surface area contributed by atoms with Gasteiger partial charge in [-0.1, -0.05) is 0 Å². The summed E-state index contributed by atoms with van der Waals surface area (Å²) in [4.78, 5) is 11.7. The van der Waals surface area contributed by atoms with Crippen LogP contribution in [0.4, 0.5) is 8.78 Å². The van der Waals surface area contributed by atoms with Gasteiger partial charge >= 0.3 is 0 Å². The quantitative estimate of drug-likeness (QED) is 0.807. The first-order valence-corrected chi connectivity index (χ1v) is 6.22. The maximum absolute atomic E-state index is 12.9. The molecule has 1 heterocycles. The van der Waals surface area contributed by atoms with Gasteiger partial charge in [0.15, 0.2) is 0 Å². The second-order valence-electron chi connectivity index (χ2n) is 4.67. The lowest BCUT2D eigenvalue weighted by atomic mass is 10.0. The molecule has 4 heteroatoms. The van der Waals surface area contributed by atoms with Crippen molar-refractivity contribution >= 4 is 5.78 Å². The zero-order valence-electron chi connectivity index (χ0n) is 10.1. The molecule has 1 aromatic carbocycles. The summed E-state index contributed by atoms with van der Waals surface area (Å²) >= 11 is 0. The minimum Gasteiger partial charge on any atom is -0.378 e. The molecule has 0 spiro atoms. The largest absolute Gasteiger partial charge is 0.378 e. The lowest BCUT2D eigenvalue weighted by Gasteiger charge is -2.08. The summed E-state index contributed by atoms with van der Waals surface area (Å²) in [5.41, 5.74) is 0.393. The summed E-state index contributed by atoms with van der Waals surface area (Å²) in [7, 11) is 0. The van der Waals surface area contributed by atoms with Crippen LogP contribution in [0.25, 0.3) is 0 Å². The number of carbonyl (C=O) groups excluding carboxylic acids is 1. The van der Waals surface area contributed by atoms with E-state index in [0.717, 1.165) is 25.5 Å². The second kappa shape index (κ2) is 6.05. The molecule has 0 aromatic heterocycles. The highest BCUT2D eigenvalue weighted by Crippen LogP contribution is 2.18. The average molecular weight is 254 g/mol. The molecule has 1 aromatic rings. The number of Topliss-reactive ketones (excluding diaryl/α,β-unsaturated/α-hetero) is 1. The van der Waals surface area contributed by atoms with Crippen LogP contribution < -0.4 is 0 Å². The van der Waals surface area contributed by atoms with Gasteiger partial charge in [-0.05, 0) is 37.0 Å². The van der Waals surface area contributed by atoms with Crippen LogP contribution in [-0.2, 0) is 16.0 Å². The van der Waals surface area contributed by atoms with Crippen LogP contribution in [-0.4, -0.2) is 18.5 Å². The summed E-state index contributed by atoms with van der Waals surface area (Å²) < 4.78 is 31.3. The van der Waals surface area contributed by atoms with Gasteiger partial charge in [0.25, 0.3) is 0 Å². The van der Waals surface area contributed by atoms with E-state index in [1.54, 1.807) is 0 Å². The number of ketones is 1. The number of halogens is 2. The van der Waals surface area contributed by atoms with Crippen LogP contribution in [0.2, 0.25) is 0 Å². The Hall–Kier alpha value is -1.29. The predicted molar refractivity (Wildman–Crippen MR) is 63.3 cm³/mol. The molecule has 1 unspecified atom stereocenters. The molecule has 0 amide bonds. The second-order valence-corrected chi connectivity index (χ2v) is 4.67. The zero-order valence-corrected chi connectivity index (χ0v) is 10.1. The van der Waals surface area contributed by atoms with Crippen molar-refractivity contribution in [3.8, 4) is 0 Å². The minimum atomic E-state index is -0.642. The summed E-state index contributed by atoms with van der Waals surface area (Å²) in [6, 6.07) is 3.21. The summed E-state index contributed by atoms with van der Waals surface area (Å²) in [5, 5.41) is 0. The van der Waals surface area contributed by atoms with Crippen molar-refractivity contribution in [2.24, 2.45) is 0 Å². The topological polar surface area (TPSA) is 26.3 Å². The summed E-state index contributed by atoms with van der Waals surface area (Å²) in [6.45, 7) is 0.772. The molecule has 2 rings (SSSR count). The molecule has 0 aliphatic carbocycles. The monoisotopic (exact) mass is 254 g/mol. The SMILES string of the molecule is O=C(CCC1CCCO1)Cc1cc(F)cc(F)c1. The fraction of sp³-hybridized carbons (Fsp3) is 0.500. The summed E-state index contributed by atoms with van der Waals surface area (Å²) in [6.07, 6.45) is 3.43. The van der Waals surface area contributed by atoms with Crippen LogP contribution in [0.1, 0.15) is 31.2 Å². The van der Waals surface area contributed by atoms with Crippen LogP contribution in [0, 0.1) is 11.6 Å². The smallest absolute Gasteiger partial charge is 0.137 e. The molecule has 0 radical (unpaired) electrons. The number of benzene rings is 1. The van der Waals surface area contributed by atoms with E-state index in [9.17, 15) is 13.6 Å². The van der Waals surface area contributed by atoms with Crippen molar-refractivity contribution in [3.05, 3.63) is 35.4 Å². The fourth-order valence-corrected chi connectivity index (χ4v) is 2.22. The number of hydrogen-bond donors (Lipinski definition) is 0. The van der Waals surface area contributed by atoms with E-state index in [1.165, 1.54) is 12.1 Å². The van der Waals surface area contributed by atoms with Gasteiger partial charge in [0.1, 0.15) is 17.4 Å². The third-order valence-corrected chi connectivity index (χ3v) is 3.09. The first kappa shape index (κ1) is 13.1. The van der Waals surface area contributed by atoms with Gasteiger partial charge in [-0.2, -0.15) is 0 Å². The third kappa shape index (κ3) is 3.88. The van der Waals surface area contributed by atoms with E-state index < -0.39 is 11.6 Å². The minimum absolute atomic E-state index is 0.00417. The van der Waals surface area contributed by atoms with E-state index in [0.29, 0.717) is 18.4 Å². The Bertz CT molecular complexity index is 406. The first-order chi connectivity index (χ1) is 8.63. The number of carbonyl (C=O) groups is 1. The zero-order chi connectivity index (χ0) is 13.0. The van der Waals surface area contributed by atoms with E-state index >= 15 is 0 Å². The summed E-state index contributed by atoms with van der Waals surface area (Å²) in [5.74, 6) is -1.29. The van der Waals surface area contributed by atoms with Gasteiger partial charge in [-0.15, -0.1) is 0 Å².